The van der Waals surface area contributed by atoms with Crippen molar-refractivity contribution in [3.8, 4) is 0 Å². The first-order valence-electron chi connectivity index (χ1n) is 15.0. The molecule has 0 heterocycles. The third kappa shape index (κ3) is 8.74. The van der Waals surface area contributed by atoms with Crippen LogP contribution >= 0.6 is 11.6 Å². The Balaban J connectivity index is 1.82. The predicted octanol–water partition coefficient (Wildman–Crippen LogP) is 6.56. The van der Waals surface area contributed by atoms with Crippen LogP contribution in [0, 0.1) is 19.8 Å². The molecule has 0 aromatic heterocycles. The molecule has 9 heteroatoms. The number of halogens is 1. The highest BCUT2D eigenvalue weighted by atomic mass is 35.5. The Morgan fingerprint density at radius 2 is 1.44 bits per heavy atom. The largest absolute Gasteiger partial charge is 0.354 e. The predicted molar refractivity (Wildman–Crippen MR) is 181 cm³/mol. The average molecular weight is 646 g/mol. The molecule has 0 saturated carbocycles. The Bertz CT molecular complexity index is 1710. The summed E-state index contributed by atoms with van der Waals surface area (Å²) in [6, 6.07) is 29.2. The van der Waals surface area contributed by atoms with Crippen LogP contribution in [0.15, 0.2) is 108 Å². The maximum absolute atomic E-state index is 14.6. The third-order valence-corrected chi connectivity index (χ3v) is 9.60. The van der Waals surface area contributed by atoms with Crippen molar-refractivity contribution >= 4 is 39.1 Å². The number of carbonyl (C=O) groups excluding carboxylic acids is 2. The van der Waals surface area contributed by atoms with Gasteiger partial charge in [-0.25, -0.2) is 8.42 Å². The number of anilines is 1. The summed E-state index contributed by atoms with van der Waals surface area (Å²) in [7, 11) is -4.18. The fourth-order valence-electron chi connectivity index (χ4n) is 5.08. The maximum Gasteiger partial charge on any atom is 0.264 e. The van der Waals surface area contributed by atoms with Crippen molar-refractivity contribution in [3.05, 3.63) is 130 Å². The molecule has 0 spiro atoms. The maximum atomic E-state index is 14.6. The quantitative estimate of drug-likeness (QED) is 0.178. The normalized spacial score (nSPS) is 12.0. The average Bonchev–Trinajstić information content (AvgIpc) is 3.02. The first-order valence-corrected chi connectivity index (χ1v) is 16.8. The molecule has 0 radical (unpaired) electrons. The van der Waals surface area contributed by atoms with E-state index < -0.39 is 28.5 Å². The number of hydrogen-bond donors (Lipinski definition) is 1. The number of nitrogens with zero attached hydrogens (tertiary/aromatic N) is 2. The van der Waals surface area contributed by atoms with Crippen LogP contribution in [0.4, 0.5) is 5.69 Å². The van der Waals surface area contributed by atoms with E-state index in [2.05, 4.69) is 5.32 Å². The van der Waals surface area contributed by atoms with Crippen LogP contribution < -0.4 is 9.62 Å². The summed E-state index contributed by atoms with van der Waals surface area (Å²) >= 11 is 6.23. The highest BCUT2D eigenvalue weighted by Crippen LogP contribution is 2.29. The van der Waals surface area contributed by atoms with Crippen molar-refractivity contribution in [2.24, 2.45) is 5.92 Å². The Hall–Kier alpha value is -4.14. The van der Waals surface area contributed by atoms with E-state index in [1.54, 1.807) is 43.3 Å². The summed E-state index contributed by atoms with van der Waals surface area (Å²) in [5.41, 5.74) is 3.62. The SMILES string of the molecule is Cc1ccccc1CN(C(=O)CN(c1ccc(Cl)cc1C)S(=O)(=O)c1ccccc1)[C@@H](Cc1ccccc1)C(=O)NCC(C)C. The van der Waals surface area contributed by atoms with Crippen LogP contribution in [-0.4, -0.2) is 44.3 Å². The van der Waals surface area contributed by atoms with Crippen molar-refractivity contribution in [2.75, 3.05) is 17.4 Å². The van der Waals surface area contributed by atoms with E-state index in [0.717, 1.165) is 21.0 Å². The van der Waals surface area contributed by atoms with Gasteiger partial charge in [0.05, 0.1) is 10.6 Å². The second kappa shape index (κ2) is 15.2. The lowest BCUT2D eigenvalue weighted by atomic mass is 10.0. The van der Waals surface area contributed by atoms with E-state index in [9.17, 15) is 18.0 Å². The van der Waals surface area contributed by atoms with Crippen molar-refractivity contribution in [1.29, 1.82) is 0 Å². The van der Waals surface area contributed by atoms with E-state index in [1.807, 2.05) is 75.4 Å². The van der Waals surface area contributed by atoms with E-state index >= 15 is 0 Å². The second-order valence-corrected chi connectivity index (χ2v) is 13.8. The van der Waals surface area contributed by atoms with E-state index in [0.29, 0.717) is 22.8 Å². The fourth-order valence-corrected chi connectivity index (χ4v) is 6.81. The van der Waals surface area contributed by atoms with Gasteiger partial charge in [0.1, 0.15) is 12.6 Å². The standard InChI is InChI=1S/C36H40ClN3O4S/c1-26(2)23-38-36(42)34(22-29-14-7-5-8-15-29)39(24-30-16-12-11-13-27(30)3)35(41)25-40(33-20-19-31(37)21-28(33)4)45(43,44)32-17-9-6-10-18-32/h5-21,26,34H,22-25H2,1-4H3,(H,38,42)/t34-/m0/s1. The zero-order valence-corrected chi connectivity index (χ0v) is 27.7. The summed E-state index contributed by atoms with van der Waals surface area (Å²) in [6.07, 6.45) is 0.258. The Morgan fingerprint density at radius 3 is 2.07 bits per heavy atom. The van der Waals surface area contributed by atoms with Gasteiger partial charge in [-0.1, -0.05) is 98.2 Å². The Kier molecular flexibility index (Phi) is 11.4. The molecule has 4 aromatic rings. The lowest BCUT2D eigenvalue weighted by Crippen LogP contribution is -2.54. The monoisotopic (exact) mass is 645 g/mol. The van der Waals surface area contributed by atoms with Gasteiger partial charge in [0, 0.05) is 24.5 Å². The van der Waals surface area contributed by atoms with Crippen LogP contribution in [0.25, 0.3) is 0 Å². The molecule has 0 saturated heterocycles. The molecule has 7 nitrogen and oxygen atoms in total. The van der Waals surface area contributed by atoms with Gasteiger partial charge in [0.15, 0.2) is 0 Å². The van der Waals surface area contributed by atoms with Gasteiger partial charge in [-0.15, -0.1) is 0 Å². The topological polar surface area (TPSA) is 86.8 Å². The highest BCUT2D eigenvalue weighted by Gasteiger charge is 2.35. The molecule has 4 rings (SSSR count). The zero-order chi connectivity index (χ0) is 32.6. The molecule has 4 aromatic carbocycles. The van der Waals surface area contributed by atoms with Gasteiger partial charge in [-0.05, 0) is 72.4 Å². The lowest BCUT2D eigenvalue weighted by molar-refractivity contribution is -0.140. The van der Waals surface area contributed by atoms with Crippen LogP contribution in [0.3, 0.4) is 0 Å². The molecule has 2 amide bonds. The number of rotatable bonds is 13. The van der Waals surface area contributed by atoms with Crippen LogP contribution in [0.1, 0.15) is 36.1 Å². The van der Waals surface area contributed by atoms with Gasteiger partial charge in [-0.3, -0.25) is 13.9 Å². The smallest absolute Gasteiger partial charge is 0.264 e. The van der Waals surface area contributed by atoms with Crippen molar-refractivity contribution in [3.63, 3.8) is 0 Å². The molecular weight excluding hydrogens is 606 g/mol. The molecule has 0 aliphatic rings. The van der Waals surface area contributed by atoms with Gasteiger partial charge >= 0.3 is 0 Å². The van der Waals surface area contributed by atoms with Gasteiger partial charge in [0.2, 0.25) is 11.8 Å². The Morgan fingerprint density at radius 1 is 0.822 bits per heavy atom. The van der Waals surface area contributed by atoms with Crippen LogP contribution in [-0.2, 0) is 32.6 Å². The van der Waals surface area contributed by atoms with Crippen LogP contribution in [0.2, 0.25) is 5.02 Å². The van der Waals surface area contributed by atoms with E-state index in [1.165, 1.54) is 17.0 Å². The minimum Gasteiger partial charge on any atom is -0.354 e. The molecule has 0 aliphatic heterocycles. The number of nitrogens with one attached hydrogen (secondary N) is 1. The van der Waals surface area contributed by atoms with E-state index in [-0.39, 0.29) is 29.7 Å². The van der Waals surface area contributed by atoms with Crippen molar-refractivity contribution in [1.82, 2.24) is 10.2 Å². The number of hydrogen-bond acceptors (Lipinski definition) is 4. The molecule has 236 valence electrons. The summed E-state index contributed by atoms with van der Waals surface area (Å²) < 4.78 is 29.4. The van der Waals surface area contributed by atoms with Crippen molar-refractivity contribution in [2.45, 2.75) is 51.6 Å². The van der Waals surface area contributed by atoms with E-state index in [4.69, 9.17) is 11.6 Å². The molecule has 45 heavy (non-hydrogen) atoms. The fraction of sp³-hybridized carbons (Fsp3) is 0.278. The van der Waals surface area contributed by atoms with Gasteiger partial charge < -0.3 is 10.2 Å². The summed E-state index contributed by atoms with van der Waals surface area (Å²) in [5, 5.41) is 3.46. The number of carbonyl (C=O) groups is 2. The molecule has 0 aliphatic carbocycles. The van der Waals surface area contributed by atoms with Gasteiger partial charge in [-0.2, -0.15) is 0 Å². The van der Waals surface area contributed by atoms with Gasteiger partial charge in [0.25, 0.3) is 10.0 Å². The highest BCUT2D eigenvalue weighted by molar-refractivity contribution is 7.92. The molecule has 0 fully saturated rings. The number of benzene rings is 4. The third-order valence-electron chi connectivity index (χ3n) is 7.60. The summed E-state index contributed by atoms with van der Waals surface area (Å²) in [4.78, 5) is 30.0. The minimum absolute atomic E-state index is 0.0492. The van der Waals surface area contributed by atoms with Crippen LogP contribution in [0.5, 0.6) is 0 Å². The number of aryl methyl sites for hydroxylation is 2. The zero-order valence-electron chi connectivity index (χ0n) is 26.1. The summed E-state index contributed by atoms with van der Waals surface area (Å²) in [6.45, 7) is 7.75. The first-order chi connectivity index (χ1) is 21.5. The number of amides is 2. The lowest BCUT2D eigenvalue weighted by Gasteiger charge is -2.34. The first kappa shape index (κ1) is 33.7. The number of sulfonamides is 1. The molecule has 0 unspecified atom stereocenters. The molecule has 1 atom stereocenters. The van der Waals surface area contributed by atoms with Crippen molar-refractivity contribution < 1.29 is 18.0 Å². The summed E-state index contributed by atoms with van der Waals surface area (Å²) in [5.74, 6) is -0.603. The second-order valence-electron chi connectivity index (χ2n) is 11.5. The molecular formula is C36H40ClN3O4S. The molecule has 0 bridgehead atoms. The molecule has 1 N–H and O–H groups in total. The Labute approximate surface area is 271 Å². The minimum atomic E-state index is -4.18.